The minimum Gasteiger partial charge on any atom is -0.497 e. The van der Waals surface area contributed by atoms with E-state index in [4.69, 9.17) is 9.47 Å². The minimum atomic E-state index is -0.103. The van der Waals surface area contributed by atoms with Crippen LogP contribution in [0.3, 0.4) is 0 Å². The normalized spacial score (nSPS) is 17.1. The van der Waals surface area contributed by atoms with Gasteiger partial charge in [-0.3, -0.25) is 9.36 Å². The molecule has 9 heteroatoms. The van der Waals surface area contributed by atoms with E-state index >= 15 is 0 Å². The summed E-state index contributed by atoms with van der Waals surface area (Å²) in [6, 6.07) is 5.77. The number of methoxy groups -OCH3 is 2. The Hall–Kier alpha value is -2.42. The van der Waals surface area contributed by atoms with E-state index in [1.807, 2.05) is 0 Å². The Labute approximate surface area is 181 Å². The molecule has 1 aromatic heterocycles. The van der Waals surface area contributed by atoms with Gasteiger partial charge < -0.3 is 19.7 Å². The zero-order chi connectivity index (χ0) is 21.1. The van der Waals surface area contributed by atoms with Gasteiger partial charge in [0.25, 0.3) is 0 Å². The van der Waals surface area contributed by atoms with Crippen molar-refractivity contribution in [1.82, 2.24) is 14.8 Å². The molecule has 0 radical (unpaired) electrons. The Morgan fingerprint density at radius 1 is 1.10 bits per heavy atom. The second-order valence-electron chi connectivity index (χ2n) is 7.99. The number of ether oxygens (including phenoxy) is 2. The van der Waals surface area contributed by atoms with Crippen LogP contribution in [0.15, 0.2) is 23.4 Å². The van der Waals surface area contributed by atoms with Crippen LogP contribution in [-0.2, 0) is 4.79 Å². The van der Waals surface area contributed by atoms with Crippen LogP contribution in [0.1, 0.15) is 38.6 Å². The molecular formula is C21H29N5O3S. The Morgan fingerprint density at radius 2 is 1.77 bits per heavy atom. The van der Waals surface area contributed by atoms with Crippen LogP contribution < -0.4 is 19.7 Å². The standard InChI is InChI=1S/C21H29N5O3S/c1-14-6-8-25(9-7-14)20-23-24-21(26(20)16-4-5-16)30-13-19(27)22-15-10-17(28-2)12-18(11-15)29-3/h10-12,14,16H,4-9,13H2,1-3H3,(H,22,27). The number of hydrogen-bond acceptors (Lipinski definition) is 7. The summed E-state index contributed by atoms with van der Waals surface area (Å²) in [5.41, 5.74) is 0.642. The summed E-state index contributed by atoms with van der Waals surface area (Å²) >= 11 is 1.44. The number of nitrogens with one attached hydrogen (secondary N) is 1. The highest BCUT2D eigenvalue weighted by molar-refractivity contribution is 7.99. The largest absolute Gasteiger partial charge is 0.497 e. The van der Waals surface area contributed by atoms with Gasteiger partial charge in [0.1, 0.15) is 11.5 Å². The molecule has 1 N–H and O–H groups in total. The summed E-state index contributed by atoms with van der Waals surface area (Å²) in [5, 5.41) is 12.6. The molecule has 2 heterocycles. The van der Waals surface area contributed by atoms with Gasteiger partial charge in [-0.05, 0) is 31.6 Å². The maximum atomic E-state index is 12.5. The highest BCUT2D eigenvalue weighted by Crippen LogP contribution is 2.41. The van der Waals surface area contributed by atoms with Crippen molar-refractivity contribution in [2.75, 3.05) is 43.3 Å². The minimum absolute atomic E-state index is 0.103. The van der Waals surface area contributed by atoms with Crippen LogP contribution >= 0.6 is 11.8 Å². The predicted octanol–water partition coefficient (Wildman–Crippen LogP) is 3.60. The fourth-order valence-electron chi connectivity index (χ4n) is 3.65. The summed E-state index contributed by atoms with van der Waals surface area (Å²) in [6.45, 7) is 4.35. The van der Waals surface area contributed by atoms with Gasteiger partial charge in [0.15, 0.2) is 5.16 Å². The van der Waals surface area contributed by atoms with Crippen molar-refractivity contribution in [2.45, 2.75) is 43.8 Å². The van der Waals surface area contributed by atoms with Crippen LogP contribution in [0.4, 0.5) is 11.6 Å². The van der Waals surface area contributed by atoms with Crippen LogP contribution in [0.25, 0.3) is 0 Å². The Bertz CT molecular complexity index is 869. The third-order valence-electron chi connectivity index (χ3n) is 5.59. The molecule has 2 aliphatic rings. The highest BCUT2D eigenvalue weighted by atomic mass is 32.2. The number of aromatic nitrogens is 3. The van der Waals surface area contributed by atoms with Gasteiger partial charge in [0, 0.05) is 43.0 Å². The van der Waals surface area contributed by atoms with E-state index in [9.17, 15) is 4.79 Å². The van der Waals surface area contributed by atoms with E-state index in [2.05, 4.69) is 31.9 Å². The SMILES string of the molecule is COc1cc(NC(=O)CSc2nnc(N3CCC(C)CC3)n2C2CC2)cc(OC)c1. The fraction of sp³-hybridized carbons (Fsp3) is 0.571. The topological polar surface area (TPSA) is 81.5 Å². The average molecular weight is 432 g/mol. The molecule has 1 aliphatic heterocycles. The second kappa shape index (κ2) is 9.16. The number of piperidine rings is 1. The smallest absolute Gasteiger partial charge is 0.234 e. The van der Waals surface area contributed by atoms with Gasteiger partial charge in [-0.1, -0.05) is 18.7 Å². The molecular weight excluding hydrogens is 402 g/mol. The van der Waals surface area contributed by atoms with E-state index in [1.54, 1.807) is 32.4 Å². The molecule has 30 heavy (non-hydrogen) atoms. The van der Waals surface area contributed by atoms with E-state index < -0.39 is 0 Å². The van der Waals surface area contributed by atoms with Crippen molar-refractivity contribution >= 4 is 29.3 Å². The quantitative estimate of drug-likeness (QED) is 0.640. The maximum absolute atomic E-state index is 12.5. The molecule has 1 aliphatic carbocycles. The van der Waals surface area contributed by atoms with Crippen molar-refractivity contribution in [3.8, 4) is 11.5 Å². The predicted molar refractivity (Wildman–Crippen MR) is 118 cm³/mol. The summed E-state index contributed by atoms with van der Waals surface area (Å²) in [4.78, 5) is 14.9. The summed E-state index contributed by atoms with van der Waals surface area (Å²) in [5.74, 6) is 3.16. The summed E-state index contributed by atoms with van der Waals surface area (Å²) in [7, 11) is 3.17. The Morgan fingerprint density at radius 3 is 2.37 bits per heavy atom. The van der Waals surface area contributed by atoms with Gasteiger partial charge >= 0.3 is 0 Å². The van der Waals surface area contributed by atoms with Gasteiger partial charge in [0.2, 0.25) is 11.9 Å². The van der Waals surface area contributed by atoms with Crippen LogP contribution in [-0.4, -0.2) is 53.7 Å². The first kappa shape index (κ1) is 20.8. The molecule has 0 unspecified atom stereocenters. The van der Waals surface area contributed by atoms with E-state index in [-0.39, 0.29) is 11.7 Å². The number of anilines is 2. The van der Waals surface area contributed by atoms with Gasteiger partial charge in [0.05, 0.1) is 20.0 Å². The van der Waals surface area contributed by atoms with Gasteiger partial charge in [-0.25, -0.2) is 0 Å². The summed E-state index contributed by atoms with van der Waals surface area (Å²) < 4.78 is 12.8. The molecule has 162 valence electrons. The number of thioether (sulfide) groups is 1. The zero-order valence-electron chi connectivity index (χ0n) is 17.8. The Kier molecular flexibility index (Phi) is 6.36. The third-order valence-corrected chi connectivity index (χ3v) is 6.54. The highest BCUT2D eigenvalue weighted by Gasteiger charge is 2.32. The van der Waals surface area contributed by atoms with Crippen molar-refractivity contribution in [1.29, 1.82) is 0 Å². The molecule has 1 saturated carbocycles. The van der Waals surface area contributed by atoms with Crippen LogP contribution in [0.5, 0.6) is 11.5 Å². The van der Waals surface area contributed by atoms with Gasteiger partial charge in [-0.15, -0.1) is 10.2 Å². The lowest BCUT2D eigenvalue weighted by Gasteiger charge is -2.31. The third kappa shape index (κ3) is 4.83. The molecule has 0 spiro atoms. The molecule has 1 aromatic carbocycles. The average Bonchev–Trinajstić information content (AvgIpc) is 3.51. The molecule has 2 fully saturated rings. The first-order valence-electron chi connectivity index (χ1n) is 10.4. The lowest BCUT2D eigenvalue weighted by atomic mass is 10.00. The van der Waals surface area contributed by atoms with Gasteiger partial charge in [-0.2, -0.15) is 0 Å². The Balaban J connectivity index is 1.41. The molecule has 1 saturated heterocycles. The summed E-state index contributed by atoms with van der Waals surface area (Å²) in [6.07, 6.45) is 4.68. The van der Waals surface area contributed by atoms with Crippen molar-refractivity contribution in [3.63, 3.8) is 0 Å². The number of nitrogens with zero attached hydrogens (tertiary/aromatic N) is 4. The lowest BCUT2D eigenvalue weighted by Crippen LogP contribution is -2.34. The monoisotopic (exact) mass is 431 g/mol. The van der Waals surface area contributed by atoms with Crippen LogP contribution in [0.2, 0.25) is 0 Å². The number of carbonyl (C=O) groups excluding carboxylic acids is 1. The van der Waals surface area contributed by atoms with Crippen molar-refractivity contribution < 1.29 is 14.3 Å². The number of rotatable bonds is 8. The van der Waals surface area contributed by atoms with Crippen molar-refractivity contribution in [3.05, 3.63) is 18.2 Å². The lowest BCUT2D eigenvalue weighted by molar-refractivity contribution is -0.113. The zero-order valence-corrected chi connectivity index (χ0v) is 18.6. The van der Waals surface area contributed by atoms with Crippen LogP contribution in [0, 0.1) is 5.92 Å². The number of amides is 1. The number of carbonyl (C=O) groups is 1. The molecule has 4 rings (SSSR count). The number of benzene rings is 1. The first-order chi connectivity index (χ1) is 14.6. The molecule has 8 nitrogen and oxygen atoms in total. The first-order valence-corrected chi connectivity index (χ1v) is 11.4. The molecule has 0 bridgehead atoms. The molecule has 2 aromatic rings. The second-order valence-corrected chi connectivity index (χ2v) is 8.93. The molecule has 1 amide bonds. The number of hydrogen-bond donors (Lipinski definition) is 1. The van der Waals surface area contributed by atoms with E-state index in [1.165, 1.54) is 24.6 Å². The van der Waals surface area contributed by atoms with Crippen molar-refractivity contribution in [2.24, 2.45) is 5.92 Å². The fourth-order valence-corrected chi connectivity index (χ4v) is 4.45. The van der Waals surface area contributed by atoms with E-state index in [0.717, 1.165) is 43.0 Å². The molecule has 0 atom stereocenters. The maximum Gasteiger partial charge on any atom is 0.234 e. The van der Waals surface area contributed by atoms with E-state index in [0.29, 0.717) is 23.2 Å².